The molecule has 0 unspecified atom stereocenters. The molecule has 0 fully saturated rings. The third-order valence-corrected chi connectivity index (χ3v) is 7.55. The van der Waals surface area contributed by atoms with Crippen LogP contribution in [0.25, 0.3) is 31.0 Å². The van der Waals surface area contributed by atoms with Crippen LogP contribution in [0.1, 0.15) is 9.75 Å². The van der Waals surface area contributed by atoms with Gasteiger partial charge < -0.3 is 10.2 Å². The van der Waals surface area contributed by atoms with E-state index in [1.807, 2.05) is 0 Å². The second kappa shape index (κ2) is 9.15. The molecule has 0 aliphatic heterocycles. The van der Waals surface area contributed by atoms with E-state index in [1.165, 1.54) is 35.6 Å². The van der Waals surface area contributed by atoms with Gasteiger partial charge in [-0.1, -0.05) is 11.5 Å². The molecule has 13 heteroatoms. The predicted molar refractivity (Wildman–Crippen MR) is 109 cm³/mol. The zero-order valence-electron chi connectivity index (χ0n) is 15.7. The summed E-state index contributed by atoms with van der Waals surface area (Å²) >= 11 is 2.98. The van der Waals surface area contributed by atoms with Crippen LogP contribution in [0.5, 0.6) is 0 Å². The van der Waals surface area contributed by atoms with Crippen LogP contribution in [-0.4, -0.2) is 23.9 Å². The average molecular weight is 522 g/mol. The van der Waals surface area contributed by atoms with Gasteiger partial charge in [-0.2, -0.15) is 26.3 Å². The molecule has 3 heterocycles. The maximum atomic E-state index is 12.3. The molecular formula is C20H8F6O4S3-2. The number of rotatable bonds is 6. The normalized spacial score (nSPS) is 13.4. The van der Waals surface area contributed by atoms with Crippen LogP contribution in [0.15, 0.2) is 48.6 Å². The third-order valence-electron chi connectivity index (χ3n) is 3.87. The highest BCUT2D eigenvalue weighted by molar-refractivity contribution is 7.26. The molecule has 0 spiro atoms. The van der Waals surface area contributed by atoms with Crippen LogP contribution in [0, 0.1) is 0 Å². The Kier molecular flexibility index (Phi) is 6.86. The van der Waals surface area contributed by atoms with Crippen LogP contribution >= 0.6 is 34.0 Å². The summed E-state index contributed by atoms with van der Waals surface area (Å²) in [6.07, 6.45) is -10.3. The Balaban J connectivity index is 1.79. The number of ketones is 2. The molecule has 0 aromatic carbocycles. The van der Waals surface area contributed by atoms with Crippen molar-refractivity contribution >= 4 is 57.1 Å². The van der Waals surface area contributed by atoms with E-state index >= 15 is 0 Å². The Labute approximate surface area is 193 Å². The van der Waals surface area contributed by atoms with E-state index in [2.05, 4.69) is 0 Å². The van der Waals surface area contributed by atoms with E-state index in [0.717, 1.165) is 22.7 Å². The highest BCUT2D eigenvalue weighted by Crippen LogP contribution is 2.41. The Morgan fingerprint density at radius 2 is 0.909 bits per heavy atom. The van der Waals surface area contributed by atoms with Crippen molar-refractivity contribution in [3.63, 3.8) is 0 Å². The third kappa shape index (κ3) is 5.92. The molecule has 0 N–H and O–H groups in total. The SMILES string of the molecule is O=C(/C=C(\[O-])c1ccc(-c2ccc(-c3ccc(/C([O-])=C/C(=O)C(F)(F)F)s3)s2)s1)C(F)(F)F. The van der Waals surface area contributed by atoms with E-state index < -0.39 is 35.4 Å². The number of thiophene rings is 3. The number of halogens is 6. The van der Waals surface area contributed by atoms with Crippen molar-refractivity contribution in [1.29, 1.82) is 0 Å². The Hall–Kier alpha value is -2.90. The molecule has 3 aromatic heterocycles. The van der Waals surface area contributed by atoms with Gasteiger partial charge in [-0.3, -0.25) is 9.59 Å². The summed E-state index contributed by atoms with van der Waals surface area (Å²) in [7, 11) is 0. The van der Waals surface area contributed by atoms with Gasteiger partial charge in [0.1, 0.15) is 0 Å². The number of hydrogen-bond acceptors (Lipinski definition) is 7. The van der Waals surface area contributed by atoms with Gasteiger partial charge in [0.05, 0.1) is 0 Å². The van der Waals surface area contributed by atoms with E-state index in [9.17, 15) is 46.1 Å². The zero-order valence-corrected chi connectivity index (χ0v) is 18.2. The van der Waals surface area contributed by atoms with Gasteiger partial charge >= 0.3 is 12.4 Å². The summed E-state index contributed by atoms with van der Waals surface area (Å²) in [6, 6.07) is 8.89. The van der Waals surface area contributed by atoms with Gasteiger partial charge in [0.25, 0.3) is 11.6 Å². The molecular weight excluding hydrogens is 514 g/mol. The first kappa shape index (κ1) is 24.7. The quantitative estimate of drug-likeness (QED) is 0.263. The molecule has 0 aliphatic carbocycles. The summed E-state index contributed by atoms with van der Waals surface area (Å²) < 4.78 is 73.9. The molecule has 0 amide bonds. The monoisotopic (exact) mass is 522 g/mol. The molecule has 0 aliphatic rings. The van der Waals surface area contributed by atoms with Crippen molar-refractivity contribution in [1.82, 2.24) is 0 Å². The lowest BCUT2D eigenvalue weighted by molar-refractivity contribution is -0.244. The smallest absolute Gasteiger partial charge is 0.454 e. The molecule has 174 valence electrons. The molecule has 0 atom stereocenters. The number of carbonyl (C=O) groups excluding carboxylic acids is 2. The maximum Gasteiger partial charge on any atom is 0.454 e. The van der Waals surface area contributed by atoms with Crippen LogP contribution in [0.2, 0.25) is 0 Å². The first-order chi connectivity index (χ1) is 15.3. The topological polar surface area (TPSA) is 80.3 Å². The lowest BCUT2D eigenvalue weighted by Gasteiger charge is -2.09. The minimum atomic E-state index is -5.14. The maximum absolute atomic E-state index is 12.3. The van der Waals surface area contributed by atoms with E-state index in [4.69, 9.17) is 0 Å². The van der Waals surface area contributed by atoms with E-state index in [-0.39, 0.29) is 21.9 Å². The lowest BCUT2D eigenvalue weighted by atomic mass is 10.3. The second-order valence-corrected chi connectivity index (χ2v) is 9.48. The van der Waals surface area contributed by atoms with Gasteiger partial charge in [-0.25, -0.2) is 0 Å². The van der Waals surface area contributed by atoms with E-state index in [0.29, 0.717) is 19.5 Å². The Bertz CT molecular complexity index is 1160. The fourth-order valence-electron chi connectivity index (χ4n) is 2.35. The van der Waals surface area contributed by atoms with Gasteiger partial charge in [0, 0.05) is 29.3 Å². The summed E-state index contributed by atoms with van der Waals surface area (Å²) in [5, 5.41) is 23.8. The highest BCUT2D eigenvalue weighted by atomic mass is 32.1. The molecule has 33 heavy (non-hydrogen) atoms. The summed E-state index contributed by atoms with van der Waals surface area (Å²) in [4.78, 5) is 24.1. The van der Waals surface area contributed by atoms with E-state index in [1.54, 1.807) is 12.1 Å². The standard InChI is InChI=1S/C20H10F6O4S3/c21-19(22,23)17(29)7-9(27)11-1-3-13(31-11)15-5-6-16(33-15)14-4-2-12(32-14)10(28)8-18(30)20(24,25)26/h1-8,27-28H/p-2/b9-7-,10-8-. The summed E-state index contributed by atoms with van der Waals surface area (Å²) in [5.74, 6) is -6.65. The largest absolute Gasteiger partial charge is 0.871 e. The highest BCUT2D eigenvalue weighted by Gasteiger charge is 2.36. The van der Waals surface area contributed by atoms with Crippen LogP contribution < -0.4 is 10.2 Å². The van der Waals surface area contributed by atoms with Crippen molar-refractivity contribution in [2.24, 2.45) is 0 Å². The Morgan fingerprint density at radius 1 is 0.606 bits per heavy atom. The molecule has 0 saturated carbocycles. The van der Waals surface area contributed by atoms with Gasteiger partial charge in [0.15, 0.2) is 0 Å². The number of hydrogen-bond donors (Lipinski definition) is 0. The fraction of sp³-hybridized carbons (Fsp3) is 0.100. The van der Waals surface area contributed by atoms with Crippen molar-refractivity contribution in [2.45, 2.75) is 12.4 Å². The minimum absolute atomic E-state index is 0.0137. The lowest BCUT2D eigenvalue weighted by Crippen LogP contribution is -2.21. The molecule has 3 aromatic rings. The van der Waals surface area contributed by atoms with Crippen LogP contribution in [-0.2, 0) is 9.59 Å². The van der Waals surface area contributed by atoms with Crippen molar-refractivity contribution < 1.29 is 46.1 Å². The molecule has 0 radical (unpaired) electrons. The summed E-state index contributed by atoms with van der Waals surface area (Å²) in [5.41, 5.74) is 0. The Morgan fingerprint density at radius 3 is 1.24 bits per heavy atom. The predicted octanol–water partition coefficient (Wildman–Crippen LogP) is 4.87. The first-order valence-corrected chi connectivity index (χ1v) is 11.0. The molecule has 0 saturated heterocycles. The van der Waals surface area contributed by atoms with Crippen molar-refractivity contribution in [3.8, 4) is 19.5 Å². The van der Waals surface area contributed by atoms with Crippen molar-refractivity contribution in [3.05, 3.63) is 58.3 Å². The van der Waals surface area contributed by atoms with Crippen molar-refractivity contribution in [2.75, 3.05) is 0 Å². The number of allylic oxidation sites excluding steroid dienone is 2. The van der Waals surface area contributed by atoms with Gasteiger partial charge in [-0.15, -0.1) is 34.0 Å². The van der Waals surface area contributed by atoms with Gasteiger partial charge in [0.2, 0.25) is 0 Å². The second-order valence-electron chi connectivity index (χ2n) is 6.23. The number of carbonyl (C=O) groups is 2. The molecule has 4 nitrogen and oxygen atoms in total. The fourth-order valence-corrected chi connectivity index (χ4v) is 5.37. The average Bonchev–Trinajstić information content (AvgIpc) is 3.45. The number of alkyl halides is 6. The van der Waals surface area contributed by atoms with Crippen LogP contribution in [0.4, 0.5) is 26.3 Å². The van der Waals surface area contributed by atoms with Gasteiger partial charge in [-0.05, 0) is 48.6 Å². The van der Waals surface area contributed by atoms with Crippen LogP contribution in [0.3, 0.4) is 0 Å². The molecule has 0 bridgehead atoms. The minimum Gasteiger partial charge on any atom is -0.871 e. The zero-order chi connectivity index (χ0) is 24.6. The summed E-state index contributed by atoms with van der Waals surface area (Å²) in [6.45, 7) is 0. The first-order valence-electron chi connectivity index (χ1n) is 8.56. The molecule has 3 rings (SSSR count).